The second kappa shape index (κ2) is 6.55. The fourth-order valence-electron chi connectivity index (χ4n) is 1.87. The van der Waals surface area contributed by atoms with E-state index in [4.69, 9.17) is 0 Å². The molecule has 0 heterocycles. The fourth-order valence-corrected chi connectivity index (χ4v) is 4.31. The maximum atomic E-state index is 12.9. The predicted molar refractivity (Wildman–Crippen MR) is 71.6 cm³/mol. The van der Waals surface area contributed by atoms with Crippen molar-refractivity contribution in [3.63, 3.8) is 0 Å². The van der Waals surface area contributed by atoms with Gasteiger partial charge in [-0.3, -0.25) is 4.57 Å². The van der Waals surface area contributed by atoms with E-state index >= 15 is 0 Å². The normalized spacial score (nSPS) is 14.8. The molecule has 0 saturated heterocycles. The van der Waals surface area contributed by atoms with Gasteiger partial charge in [-0.05, 0) is 41.7 Å². The van der Waals surface area contributed by atoms with Gasteiger partial charge in [0.2, 0.25) is 0 Å². The van der Waals surface area contributed by atoms with Crippen LogP contribution in [0.4, 0.5) is 0 Å². The van der Waals surface area contributed by atoms with Gasteiger partial charge in [-0.2, -0.15) is 0 Å². The first-order valence-corrected chi connectivity index (χ1v) is 7.20. The fraction of sp³-hybridized carbons (Fsp3) is 0.818. The Morgan fingerprint density at radius 1 is 1.19 bits per heavy atom. The average molecular weight is 247 g/mol. The molecular formula is C11H26N3OP. The summed E-state index contributed by atoms with van der Waals surface area (Å²) in [6.45, 7) is 5.96. The van der Waals surface area contributed by atoms with Crippen LogP contribution in [0, 0.1) is 0 Å². The van der Waals surface area contributed by atoms with E-state index in [0.29, 0.717) is 0 Å². The van der Waals surface area contributed by atoms with Gasteiger partial charge in [0, 0.05) is 6.04 Å². The van der Waals surface area contributed by atoms with E-state index < -0.39 is 7.59 Å². The first-order valence-electron chi connectivity index (χ1n) is 5.63. The van der Waals surface area contributed by atoms with Gasteiger partial charge in [0.1, 0.15) is 0 Å². The number of likely N-dealkylation sites (N-methyl/N-ethyl adjacent to an activating group) is 1. The number of nitrogens with zero attached hydrogens (tertiary/aromatic N) is 3. The van der Waals surface area contributed by atoms with E-state index in [1.54, 1.807) is 9.34 Å². The highest BCUT2D eigenvalue weighted by atomic mass is 31.2. The standard InChI is InChI=1S/C11H26N3OP/c1-8-10-11(9-2)14(7)16(15,12(3)4)13(5)6/h9,11H,2,8,10H2,1,3-7H3. The van der Waals surface area contributed by atoms with E-state index in [-0.39, 0.29) is 6.04 Å². The monoisotopic (exact) mass is 247 g/mol. The zero-order valence-corrected chi connectivity index (χ0v) is 12.4. The lowest BCUT2D eigenvalue weighted by molar-refractivity contribution is 0.321. The molecule has 16 heavy (non-hydrogen) atoms. The van der Waals surface area contributed by atoms with Crippen molar-refractivity contribution in [2.24, 2.45) is 0 Å². The van der Waals surface area contributed by atoms with Crippen LogP contribution in [-0.2, 0) is 4.57 Å². The van der Waals surface area contributed by atoms with Crippen LogP contribution < -0.4 is 0 Å². The molecule has 0 aromatic heterocycles. The number of rotatable bonds is 7. The van der Waals surface area contributed by atoms with Gasteiger partial charge in [0.25, 0.3) is 7.59 Å². The Hall–Kier alpha value is -0.150. The van der Waals surface area contributed by atoms with Crippen LogP contribution in [0.2, 0.25) is 0 Å². The van der Waals surface area contributed by atoms with Crippen LogP contribution in [-0.4, -0.2) is 55.3 Å². The molecule has 96 valence electrons. The van der Waals surface area contributed by atoms with Crippen molar-refractivity contribution in [2.75, 3.05) is 35.2 Å². The molecule has 0 bridgehead atoms. The van der Waals surface area contributed by atoms with E-state index in [0.717, 1.165) is 12.8 Å². The van der Waals surface area contributed by atoms with Gasteiger partial charge < -0.3 is 0 Å². The van der Waals surface area contributed by atoms with Crippen molar-refractivity contribution in [2.45, 2.75) is 25.8 Å². The van der Waals surface area contributed by atoms with Crippen molar-refractivity contribution < 1.29 is 4.57 Å². The smallest absolute Gasteiger partial charge is 0.270 e. The van der Waals surface area contributed by atoms with E-state index in [9.17, 15) is 4.57 Å². The number of hydrogen-bond acceptors (Lipinski definition) is 1. The molecule has 0 aromatic carbocycles. The van der Waals surface area contributed by atoms with E-state index in [2.05, 4.69) is 13.5 Å². The summed E-state index contributed by atoms with van der Waals surface area (Å²) in [4.78, 5) is 0. The Kier molecular flexibility index (Phi) is 6.49. The van der Waals surface area contributed by atoms with Gasteiger partial charge in [-0.1, -0.05) is 19.4 Å². The largest absolute Gasteiger partial charge is 0.286 e. The van der Waals surface area contributed by atoms with Crippen LogP contribution >= 0.6 is 7.59 Å². The van der Waals surface area contributed by atoms with E-state index in [1.165, 1.54) is 0 Å². The Labute approximate surface area is 100 Å². The molecular weight excluding hydrogens is 221 g/mol. The van der Waals surface area contributed by atoms with Gasteiger partial charge in [-0.25, -0.2) is 14.0 Å². The summed E-state index contributed by atoms with van der Waals surface area (Å²) in [7, 11) is 6.68. The first kappa shape index (κ1) is 15.9. The Balaban J connectivity index is 5.08. The lowest BCUT2D eigenvalue weighted by Crippen LogP contribution is -2.37. The molecule has 0 spiro atoms. The third-order valence-corrected chi connectivity index (χ3v) is 5.99. The SMILES string of the molecule is C=CC(CCC)N(C)P(=O)(N(C)C)N(C)C. The third-order valence-electron chi connectivity index (χ3n) is 2.79. The molecule has 0 rings (SSSR count). The molecule has 0 aromatic rings. The van der Waals surface area contributed by atoms with Gasteiger partial charge >= 0.3 is 0 Å². The Morgan fingerprint density at radius 2 is 1.62 bits per heavy atom. The topological polar surface area (TPSA) is 26.8 Å². The molecule has 5 heteroatoms. The molecule has 0 saturated carbocycles. The summed E-state index contributed by atoms with van der Waals surface area (Å²) in [6, 6.07) is 0.153. The van der Waals surface area contributed by atoms with Crippen molar-refractivity contribution in [1.82, 2.24) is 14.0 Å². The van der Waals surface area contributed by atoms with Crippen LogP contribution in [0.15, 0.2) is 12.7 Å². The summed E-state index contributed by atoms with van der Waals surface area (Å²) in [6.07, 6.45) is 3.91. The number of hydrogen-bond donors (Lipinski definition) is 0. The summed E-state index contributed by atoms with van der Waals surface area (Å²) < 4.78 is 18.4. The van der Waals surface area contributed by atoms with Gasteiger partial charge in [0.15, 0.2) is 0 Å². The quantitative estimate of drug-likeness (QED) is 0.510. The van der Waals surface area contributed by atoms with Crippen molar-refractivity contribution in [1.29, 1.82) is 0 Å². The maximum absolute atomic E-state index is 12.9. The average Bonchev–Trinajstić information content (AvgIpc) is 2.22. The van der Waals surface area contributed by atoms with Crippen molar-refractivity contribution >= 4 is 7.59 Å². The maximum Gasteiger partial charge on any atom is 0.286 e. The first-order chi connectivity index (χ1) is 7.32. The van der Waals surface area contributed by atoms with Gasteiger partial charge in [-0.15, -0.1) is 6.58 Å². The van der Waals surface area contributed by atoms with Crippen LogP contribution in [0.25, 0.3) is 0 Å². The van der Waals surface area contributed by atoms with Gasteiger partial charge in [0.05, 0.1) is 0 Å². The minimum Gasteiger partial charge on any atom is -0.270 e. The molecule has 0 radical (unpaired) electrons. The molecule has 4 nitrogen and oxygen atoms in total. The highest BCUT2D eigenvalue weighted by molar-refractivity contribution is 7.56. The molecule has 0 aliphatic heterocycles. The van der Waals surface area contributed by atoms with Crippen molar-refractivity contribution in [3.05, 3.63) is 12.7 Å². The highest BCUT2D eigenvalue weighted by Gasteiger charge is 2.36. The summed E-state index contributed by atoms with van der Waals surface area (Å²) >= 11 is 0. The lowest BCUT2D eigenvalue weighted by atomic mass is 10.2. The zero-order valence-electron chi connectivity index (χ0n) is 11.5. The van der Waals surface area contributed by atoms with Crippen molar-refractivity contribution in [3.8, 4) is 0 Å². The van der Waals surface area contributed by atoms with E-state index in [1.807, 2.05) is 46.0 Å². The minimum atomic E-state index is -2.63. The molecule has 0 amide bonds. The van der Waals surface area contributed by atoms with Crippen LogP contribution in [0.1, 0.15) is 19.8 Å². The molecule has 0 fully saturated rings. The van der Waals surface area contributed by atoms with Crippen LogP contribution in [0.3, 0.4) is 0 Å². The summed E-state index contributed by atoms with van der Waals surface area (Å²) in [5.74, 6) is 0. The van der Waals surface area contributed by atoms with Crippen LogP contribution in [0.5, 0.6) is 0 Å². The predicted octanol–water partition coefficient (Wildman–Crippen LogP) is 2.50. The lowest BCUT2D eigenvalue weighted by Gasteiger charge is -2.40. The second-order valence-electron chi connectivity index (χ2n) is 4.37. The molecule has 0 N–H and O–H groups in total. The Bertz CT molecular complexity index is 254. The second-order valence-corrected chi connectivity index (χ2v) is 7.63. The molecule has 0 aliphatic carbocycles. The minimum absolute atomic E-state index is 0.153. The highest BCUT2D eigenvalue weighted by Crippen LogP contribution is 2.53. The third kappa shape index (κ3) is 3.17. The Morgan fingerprint density at radius 3 is 1.88 bits per heavy atom. The zero-order chi connectivity index (χ0) is 12.9. The molecule has 1 unspecified atom stereocenters. The summed E-state index contributed by atoms with van der Waals surface area (Å²) in [5, 5.41) is 0. The molecule has 1 atom stereocenters. The molecule has 0 aliphatic rings. The summed E-state index contributed by atoms with van der Waals surface area (Å²) in [5.41, 5.74) is 0.